The fraction of sp³-hybridized carbons (Fsp3) is 0.950. The van der Waals surface area contributed by atoms with Gasteiger partial charge in [0.15, 0.2) is 5.96 Å². The Balaban J connectivity index is 0.00000243. The number of hydrogen-bond donors (Lipinski definition) is 2. The standard InChI is InChI=1S/C20H38N4O.HI/c1-4-6-12-24-13-8-16(9-14-24)22-19(21-3)23-17-15-18(25-5-2)20(17)10-7-11-20;/h16-18H,4-15H2,1-3H3,(H2,21,22,23);1H. The third-order valence-electron chi connectivity index (χ3n) is 6.73. The summed E-state index contributed by atoms with van der Waals surface area (Å²) in [5, 5.41) is 7.41. The molecule has 1 spiro atoms. The molecule has 0 aromatic rings. The van der Waals surface area contributed by atoms with Crippen LogP contribution in [0.4, 0.5) is 0 Å². The van der Waals surface area contributed by atoms with Gasteiger partial charge in [-0.2, -0.15) is 0 Å². The van der Waals surface area contributed by atoms with Gasteiger partial charge in [0.1, 0.15) is 0 Å². The molecule has 3 aliphatic rings. The van der Waals surface area contributed by atoms with Crippen LogP contribution in [0, 0.1) is 5.41 Å². The van der Waals surface area contributed by atoms with Gasteiger partial charge >= 0.3 is 0 Å². The minimum Gasteiger partial charge on any atom is -0.378 e. The van der Waals surface area contributed by atoms with Crippen molar-refractivity contribution in [3.8, 4) is 0 Å². The van der Waals surface area contributed by atoms with E-state index in [0.717, 1.165) is 19.0 Å². The van der Waals surface area contributed by atoms with Crippen molar-refractivity contribution >= 4 is 29.9 Å². The minimum atomic E-state index is 0. The van der Waals surface area contributed by atoms with Crippen LogP contribution in [0.1, 0.15) is 65.2 Å². The zero-order valence-corrected chi connectivity index (χ0v) is 19.3. The zero-order valence-electron chi connectivity index (χ0n) is 16.9. The minimum absolute atomic E-state index is 0. The Morgan fingerprint density at radius 1 is 1.19 bits per heavy atom. The number of piperidine rings is 1. The van der Waals surface area contributed by atoms with Crippen molar-refractivity contribution in [3.63, 3.8) is 0 Å². The van der Waals surface area contributed by atoms with Gasteiger partial charge in [0.25, 0.3) is 0 Å². The van der Waals surface area contributed by atoms with Crippen LogP contribution < -0.4 is 10.6 Å². The van der Waals surface area contributed by atoms with E-state index in [9.17, 15) is 0 Å². The first-order valence-corrected chi connectivity index (χ1v) is 10.6. The SMILES string of the molecule is CCCCN1CCC(NC(=NC)NC2CC(OCC)C23CCC3)CC1.I. The molecule has 2 aliphatic carbocycles. The van der Waals surface area contributed by atoms with Crippen molar-refractivity contribution in [1.29, 1.82) is 0 Å². The number of aliphatic imine (C=N–C) groups is 1. The normalized spacial score (nSPS) is 28.8. The van der Waals surface area contributed by atoms with Crippen LogP contribution in [-0.2, 0) is 4.74 Å². The summed E-state index contributed by atoms with van der Waals surface area (Å²) in [6.07, 6.45) is 10.6. The number of nitrogens with one attached hydrogen (secondary N) is 2. The second-order valence-corrected chi connectivity index (χ2v) is 8.15. The van der Waals surface area contributed by atoms with E-state index in [4.69, 9.17) is 4.74 Å². The van der Waals surface area contributed by atoms with Crippen molar-refractivity contribution < 1.29 is 4.74 Å². The molecule has 2 atom stereocenters. The molecule has 0 bridgehead atoms. The summed E-state index contributed by atoms with van der Waals surface area (Å²) in [6.45, 7) is 8.92. The first-order chi connectivity index (χ1) is 12.2. The summed E-state index contributed by atoms with van der Waals surface area (Å²) >= 11 is 0. The predicted octanol–water partition coefficient (Wildman–Crippen LogP) is 3.38. The van der Waals surface area contributed by atoms with Gasteiger partial charge in [-0.3, -0.25) is 4.99 Å². The van der Waals surface area contributed by atoms with Gasteiger partial charge < -0.3 is 20.3 Å². The highest BCUT2D eigenvalue weighted by Gasteiger charge is 2.59. The van der Waals surface area contributed by atoms with E-state index in [2.05, 4.69) is 34.4 Å². The summed E-state index contributed by atoms with van der Waals surface area (Å²) in [5.41, 5.74) is 0.386. The van der Waals surface area contributed by atoms with E-state index in [1.54, 1.807) is 0 Å². The van der Waals surface area contributed by atoms with E-state index in [-0.39, 0.29) is 24.0 Å². The number of hydrogen-bond acceptors (Lipinski definition) is 3. The molecule has 26 heavy (non-hydrogen) atoms. The summed E-state index contributed by atoms with van der Waals surface area (Å²) in [5.74, 6) is 0.998. The smallest absolute Gasteiger partial charge is 0.191 e. The van der Waals surface area contributed by atoms with Crippen LogP contribution in [0.3, 0.4) is 0 Å². The molecule has 3 fully saturated rings. The third-order valence-corrected chi connectivity index (χ3v) is 6.73. The fourth-order valence-electron chi connectivity index (χ4n) is 4.85. The maximum absolute atomic E-state index is 5.97. The molecule has 3 rings (SSSR count). The molecule has 6 heteroatoms. The lowest BCUT2D eigenvalue weighted by Gasteiger charge is -2.61. The van der Waals surface area contributed by atoms with Crippen LogP contribution in [-0.4, -0.2) is 62.3 Å². The monoisotopic (exact) mass is 478 g/mol. The molecule has 0 radical (unpaired) electrons. The molecule has 5 nitrogen and oxygen atoms in total. The first-order valence-electron chi connectivity index (χ1n) is 10.6. The van der Waals surface area contributed by atoms with Gasteiger partial charge in [-0.15, -0.1) is 24.0 Å². The Morgan fingerprint density at radius 2 is 1.92 bits per heavy atom. The number of likely N-dealkylation sites (tertiary alicyclic amines) is 1. The van der Waals surface area contributed by atoms with Gasteiger partial charge in [0.2, 0.25) is 0 Å². The summed E-state index contributed by atoms with van der Waals surface area (Å²) in [7, 11) is 1.90. The summed E-state index contributed by atoms with van der Waals surface area (Å²) in [4.78, 5) is 7.12. The average molecular weight is 478 g/mol. The maximum Gasteiger partial charge on any atom is 0.191 e. The van der Waals surface area contributed by atoms with Crippen molar-refractivity contribution in [2.45, 2.75) is 83.4 Å². The van der Waals surface area contributed by atoms with Crippen LogP contribution in [0.15, 0.2) is 4.99 Å². The fourth-order valence-corrected chi connectivity index (χ4v) is 4.85. The van der Waals surface area contributed by atoms with E-state index < -0.39 is 0 Å². The number of ether oxygens (including phenoxy) is 1. The molecule has 2 N–H and O–H groups in total. The second-order valence-electron chi connectivity index (χ2n) is 8.15. The topological polar surface area (TPSA) is 48.9 Å². The number of rotatable bonds is 7. The molecule has 152 valence electrons. The molecular formula is C20H39IN4O. The quantitative estimate of drug-likeness (QED) is 0.335. The van der Waals surface area contributed by atoms with Crippen molar-refractivity contribution in [2.24, 2.45) is 10.4 Å². The number of nitrogens with zero attached hydrogens (tertiary/aromatic N) is 2. The Morgan fingerprint density at radius 3 is 2.46 bits per heavy atom. The van der Waals surface area contributed by atoms with Crippen molar-refractivity contribution in [3.05, 3.63) is 0 Å². The van der Waals surface area contributed by atoms with Gasteiger partial charge in [-0.05, 0) is 52.0 Å². The van der Waals surface area contributed by atoms with Crippen LogP contribution in [0.25, 0.3) is 0 Å². The Kier molecular flexibility index (Phi) is 8.94. The molecule has 1 saturated heterocycles. The van der Waals surface area contributed by atoms with E-state index in [1.807, 2.05) is 7.05 Å². The molecule has 1 heterocycles. The lowest BCUT2D eigenvalue weighted by atomic mass is 9.51. The van der Waals surface area contributed by atoms with Crippen LogP contribution in [0.2, 0.25) is 0 Å². The lowest BCUT2D eigenvalue weighted by Crippen LogP contribution is -2.69. The van der Waals surface area contributed by atoms with Gasteiger partial charge in [0.05, 0.1) is 6.10 Å². The first kappa shape index (κ1) is 22.2. The van der Waals surface area contributed by atoms with Crippen LogP contribution in [0.5, 0.6) is 0 Å². The van der Waals surface area contributed by atoms with Gasteiger partial charge in [-0.1, -0.05) is 19.8 Å². The number of unbranched alkanes of at least 4 members (excludes halogenated alkanes) is 1. The van der Waals surface area contributed by atoms with Crippen LogP contribution >= 0.6 is 24.0 Å². The Bertz CT molecular complexity index is 447. The number of halogens is 1. The number of guanidine groups is 1. The molecular weight excluding hydrogens is 439 g/mol. The summed E-state index contributed by atoms with van der Waals surface area (Å²) in [6, 6.07) is 1.10. The maximum atomic E-state index is 5.97. The molecule has 2 saturated carbocycles. The van der Waals surface area contributed by atoms with Gasteiger partial charge in [-0.25, -0.2) is 0 Å². The highest BCUT2D eigenvalue weighted by Crippen LogP contribution is 2.57. The highest BCUT2D eigenvalue weighted by molar-refractivity contribution is 14.0. The average Bonchev–Trinajstić information content (AvgIpc) is 2.57. The van der Waals surface area contributed by atoms with Crippen molar-refractivity contribution in [1.82, 2.24) is 15.5 Å². The second kappa shape index (κ2) is 10.5. The molecule has 0 aromatic carbocycles. The third kappa shape index (κ3) is 4.85. The Labute approximate surface area is 177 Å². The van der Waals surface area contributed by atoms with E-state index in [0.29, 0.717) is 23.6 Å². The predicted molar refractivity (Wildman–Crippen MR) is 120 cm³/mol. The summed E-state index contributed by atoms with van der Waals surface area (Å²) < 4.78 is 5.97. The molecule has 2 unspecified atom stereocenters. The zero-order chi connectivity index (χ0) is 17.7. The molecule has 0 amide bonds. The van der Waals surface area contributed by atoms with E-state index >= 15 is 0 Å². The highest BCUT2D eigenvalue weighted by atomic mass is 127. The van der Waals surface area contributed by atoms with Gasteiger partial charge in [0, 0.05) is 44.2 Å². The molecule has 1 aliphatic heterocycles. The Hall–Kier alpha value is -0.0800. The lowest BCUT2D eigenvalue weighted by molar-refractivity contribution is -0.168. The van der Waals surface area contributed by atoms with Crippen molar-refractivity contribution in [2.75, 3.05) is 33.3 Å². The van der Waals surface area contributed by atoms with E-state index in [1.165, 1.54) is 64.6 Å². The largest absolute Gasteiger partial charge is 0.378 e. The molecule has 0 aromatic heterocycles.